The highest BCUT2D eigenvalue weighted by molar-refractivity contribution is 6.30. The second kappa shape index (κ2) is 4.72. The molecule has 1 aromatic heterocycles. The molecular weight excluding hydrogens is 228 g/mol. The Labute approximate surface area is 96.9 Å². The third-order valence-corrected chi connectivity index (χ3v) is 2.06. The number of rotatable bonds is 3. The molecule has 2 rings (SSSR count). The van der Waals surface area contributed by atoms with Crippen LogP contribution in [-0.4, -0.2) is 16.3 Å². The SMILES string of the molecule is O=Cc1cnc(Oc2ccc(Cl)cc2)nc1. The van der Waals surface area contributed by atoms with Gasteiger partial charge in [-0.3, -0.25) is 4.79 Å². The number of aromatic nitrogens is 2. The quantitative estimate of drug-likeness (QED) is 0.767. The molecule has 0 unspecified atom stereocenters. The molecule has 2 aromatic rings. The molecular formula is C11H7ClN2O2. The fourth-order valence-corrected chi connectivity index (χ4v) is 1.17. The van der Waals surface area contributed by atoms with Gasteiger partial charge in [0.05, 0.1) is 5.56 Å². The Morgan fingerprint density at radius 1 is 1.12 bits per heavy atom. The predicted molar refractivity (Wildman–Crippen MR) is 58.9 cm³/mol. The Morgan fingerprint density at radius 2 is 1.75 bits per heavy atom. The number of hydrogen-bond donors (Lipinski definition) is 0. The lowest BCUT2D eigenvalue weighted by Crippen LogP contribution is -1.92. The van der Waals surface area contributed by atoms with Crippen LogP contribution in [0.25, 0.3) is 0 Å². The van der Waals surface area contributed by atoms with E-state index in [9.17, 15) is 4.79 Å². The highest BCUT2D eigenvalue weighted by Gasteiger charge is 2.00. The van der Waals surface area contributed by atoms with Crippen molar-refractivity contribution in [3.8, 4) is 11.8 Å². The number of ether oxygens (including phenoxy) is 1. The minimum absolute atomic E-state index is 0.188. The molecule has 0 spiro atoms. The zero-order valence-corrected chi connectivity index (χ0v) is 8.89. The summed E-state index contributed by atoms with van der Waals surface area (Å²) in [5, 5.41) is 0.629. The van der Waals surface area contributed by atoms with E-state index in [0.29, 0.717) is 22.6 Å². The second-order valence-electron chi connectivity index (χ2n) is 2.97. The summed E-state index contributed by atoms with van der Waals surface area (Å²) in [6, 6.07) is 7.01. The van der Waals surface area contributed by atoms with E-state index < -0.39 is 0 Å². The topological polar surface area (TPSA) is 52.1 Å². The number of nitrogens with zero attached hydrogens (tertiary/aromatic N) is 2. The number of hydrogen-bond acceptors (Lipinski definition) is 4. The summed E-state index contributed by atoms with van der Waals surface area (Å²) in [6.45, 7) is 0. The second-order valence-corrected chi connectivity index (χ2v) is 3.41. The maximum atomic E-state index is 10.4. The van der Waals surface area contributed by atoms with Gasteiger partial charge < -0.3 is 4.74 Å². The largest absolute Gasteiger partial charge is 0.424 e. The molecule has 4 nitrogen and oxygen atoms in total. The Morgan fingerprint density at radius 3 is 2.31 bits per heavy atom. The van der Waals surface area contributed by atoms with Crippen molar-refractivity contribution in [2.75, 3.05) is 0 Å². The van der Waals surface area contributed by atoms with E-state index in [2.05, 4.69) is 9.97 Å². The van der Waals surface area contributed by atoms with Crippen LogP contribution in [0.15, 0.2) is 36.7 Å². The van der Waals surface area contributed by atoms with E-state index in [0.717, 1.165) is 0 Å². The Bertz CT molecular complexity index is 482. The molecule has 0 saturated carbocycles. The Hall–Kier alpha value is -1.94. The van der Waals surface area contributed by atoms with Gasteiger partial charge >= 0.3 is 6.01 Å². The minimum Gasteiger partial charge on any atom is -0.424 e. The molecule has 0 saturated heterocycles. The third kappa shape index (κ3) is 2.55. The first-order chi connectivity index (χ1) is 7.78. The van der Waals surface area contributed by atoms with Crippen molar-refractivity contribution in [2.45, 2.75) is 0 Å². The monoisotopic (exact) mass is 234 g/mol. The van der Waals surface area contributed by atoms with Crippen molar-refractivity contribution in [1.29, 1.82) is 0 Å². The molecule has 0 radical (unpaired) electrons. The van der Waals surface area contributed by atoms with Crippen LogP contribution in [0.1, 0.15) is 10.4 Å². The molecule has 0 aliphatic heterocycles. The number of aldehydes is 1. The van der Waals surface area contributed by atoms with Crippen molar-refractivity contribution in [3.05, 3.63) is 47.2 Å². The fourth-order valence-electron chi connectivity index (χ4n) is 1.05. The van der Waals surface area contributed by atoms with Gasteiger partial charge in [-0.2, -0.15) is 0 Å². The first-order valence-electron chi connectivity index (χ1n) is 4.48. The number of halogens is 1. The van der Waals surface area contributed by atoms with E-state index in [4.69, 9.17) is 16.3 Å². The average Bonchev–Trinajstić information content (AvgIpc) is 2.33. The van der Waals surface area contributed by atoms with Crippen molar-refractivity contribution < 1.29 is 9.53 Å². The van der Waals surface area contributed by atoms with Gasteiger partial charge in [-0.15, -0.1) is 0 Å². The van der Waals surface area contributed by atoms with Gasteiger partial charge in [0.25, 0.3) is 0 Å². The normalized spacial score (nSPS) is 9.81. The molecule has 0 bridgehead atoms. The zero-order chi connectivity index (χ0) is 11.4. The van der Waals surface area contributed by atoms with Crippen LogP contribution in [0, 0.1) is 0 Å². The van der Waals surface area contributed by atoms with Gasteiger partial charge in [0, 0.05) is 17.4 Å². The van der Waals surface area contributed by atoms with Crippen molar-refractivity contribution >= 4 is 17.9 Å². The van der Waals surface area contributed by atoms with E-state index in [1.807, 2.05) is 0 Å². The van der Waals surface area contributed by atoms with Crippen molar-refractivity contribution in [2.24, 2.45) is 0 Å². The lowest BCUT2D eigenvalue weighted by molar-refractivity contribution is 0.112. The van der Waals surface area contributed by atoms with E-state index in [1.165, 1.54) is 12.4 Å². The Kier molecular flexibility index (Phi) is 3.12. The number of carbonyl (C=O) groups excluding carboxylic acids is 1. The summed E-state index contributed by atoms with van der Waals surface area (Å²) < 4.78 is 5.34. The van der Waals surface area contributed by atoms with E-state index in [-0.39, 0.29) is 6.01 Å². The summed E-state index contributed by atoms with van der Waals surface area (Å²) in [7, 11) is 0. The zero-order valence-electron chi connectivity index (χ0n) is 8.13. The summed E-state index contributed by atoms with van der Waals surface area (Å²) in [5.74, 6) is 0.586. The van der Waals surface area contributed by atoms with Crippen molar-refractivity contribution in [3.63, 3.8) is 0 Å². The molecule has 0 N–H and O–H groups in total. The fraction of sp³-hybridized carbons (Fsp3) is 0. The number of benzene rings is 1. The summed E-state index contributed by atoms with van der Waals surface area (Å²) in [6.07, 6.45) is 3.46. The van der Waals surface area contributed by atoms with Gasteiger partial charge in [0.15, 0.2) is 6.29 Å². The lowest BCUT2D eigenvalue weighted by atomic mass is 10.3. The standard InChI is InChI=1S/C11H7ClN2O2/c12-9-1-3-10(4-2-9)16-11-13-5-8(7-15)6-14-11/h1-7H. The van der Waals surface area contributed by atoms with Crippen LogP contribution in [0.4, 0.5) is 0 Å². The maximum absolute atomic E-state index is 10.4. The van der Waals surface area contributed by atoms with Gasteiger partial charge in [0.2, 0.25) is 0 Å². The Balaban J connectivity index is 2.14. The molecule has 0 amide bonds. The highest BCUT2D eigenvalue weighted by Crippen LogP contribution is 2.19. The predicted octanol–water partition coefficient (Wildman–Crippen LogP) is 2.73. The molecule has 0 fully saturated rings. The molecule has 0 atom stereocenters. The molecule has 80 valence electrons. The van der Waals surface area contributed by atoms with Gasteiger partial charge in [-0.25, -0.2) is 9.97 Å². The summed E-state index contributed by atoms with van der Waals surface area (Å²) in [4.78, 5) is 18.1. The van der Waals surface area contributed by atoms with Crippen LogP contribution in [-0.2, 0) is 0 Å². The van der Waals surface area contributed by atoms with E-state index >= 15 is 0 Å². The molecule has 0 aliphatic carbocycles. The van der Waals surface area contributed by atoms with Gasteiger partial charge in [-0.1, -0.05) is 11.6 Å². The molecule has 5 heteroatoms. The van der Waals surface area contributed by atoms with E-state index in [1.54, 1.807) is 24.3 Å². The van der Waals surface area contributed by atoms with Gasteiger partial charge in [-0.05, 0) is 24.3 Å². The van der Waals surface area contributed by atoms with Crippen LogP contribution < -0.4 is 4.74 Å². The van der Waals surface area contributed by atoms with Crippen LogP contribution in [0.3, 0.4) is 0 Å². The molecule has 1 aromatic carbocycles. The first kappa shape index (κ1) is 10.6. The van der Waals surface area contributed by atoms with Gasteiger partial charge in [0.1, 0.15) is 5.75 Å². The van der Waals surface area contributed by atoms with Crippen LogP contribution in [0.2, 0.25) is 5.02 Å². The van der Waals surface area contributed by atoms with Crippen molar-refractivity contribution in [1.82, 2.24) is 9.97 Å². The molecule has 16 heavy (non-hydrogen) atoms. The summed E-state index contributed by atoms with van der Waals surface area (Å²) in [5.41, 5.74) is 0.406. The molecule has 1 heterocycles. The number of carbonyl (C=O) groups is 1. The smallest absolute Gasteiger partial charge is 0.321 e. The summed E-state index contributed by atoms with van der Waals surface area (Å²) >= 11 is 5.73. The minimum atomic E-state index is 0.188. The molecule has 0 aliphatic rings. The third-order valence-electron chi connectivity index (χ3n) is 1.81. The lowest BCUT2D eigenvalue weighted by Gasteiger charge is -2.02. The first-order valence-corrected chi connectivity index (χ1v) is 4.86. The van der Waals surface area contributed by atoms with Crippen LogP contribution in [0.5, 0.6) is 11.8 Å². The highest BCUT2D eigenvalue weighted by atomic mass is 35.5. The maximum Gasteiger partial charge on any atom is 0.321 e. The van der Waals surface area contributed by atoms with Crippen LogP contribution >= 0.6 is 11.6 Å². The average molecular weight is 235 g/mol.